The maximum atomic E-state index is 14.2. The van der Waals surface area contributed by atoms with Crippen LogP contribution in [0.15, 0.2) is 66.7 Å². The maximum Gasteiger partial charge on any atom is 0.257 e. The highest BCUT2D eigenvalue weighted by atomic mass is 19.2. The van der Waals surface area contributed by atoms with Gasteiger partial charge in [0.1, 0.15) is 0 Å². The lowest BCUT2D eigenvalue weighted by molar-refractivity contribution is -0.123. The minimum absolute atomic E-state index is 0.272. The number of ether oxygens (including phenoxy) is 1. The summed E-state index contributed by atoms with van der Waals surface area (Å²) >= 11 is 0. The molecule has 0 saturated carbocycles. The maximum absolute atomic E-state index is 14.2. The first-order chi connectivity index (χ1) is 21.1. The molecule has 1 saturated heterocycles. The number of primary amides is 1. The number of carbonyl (C=O) groups excluding carboxylic acids is 2. The molecule has 1 fully saturated rings. The monoisotopic (exact) mass is 602 g/mol. The SMILES string of the molecule is CC(Cc1ccc(N2CCOCC2)cc1)(C(N)=O)c1ccc2c(c1)NC(=O)c1ccc(Nc3cc(F)nc(F)c3F)cc1N2. The number of aromatic nitrogens is 1. The van der Waals surface area contributed by atoms with Gasteiger partial charge in [-0.2, -0.15) is 18.2 Å². The molecule has 3 heterocycles. The second-order valence-electron chi connectivity index (χ2n) is 11.0. The van der Waals surface area contributed by atoms with Crippen molar-refractivity contribution in [3.63, 3.8) is 0 Å². The van der Waals surface area contributed by atoms with Crippen LogP contribution >= 0.6 is 0 Å². The molecule has 12 heteroatoms. The number of morpholine rings is 1. The van der Waals surface area contributed by atoms with Crippen LogP contribution in [0, 0.1) is 17.7 Å². The summed E-state index contributed by atoms with van der Waals surface area (Å²) in [4.78, 5) is 31.1. The zero-order valence-corrected chi connectivity index (χ0v) is 23.7. The van der Waals surface area contributed by atoms with Gasteiger partial charge in [0, 0.05) is 30.5 Å². The van der Waals surface area contributed by atoms with Crippen LogP contribution in [-0.2, 0) is 21.4 Å². The van der Waals surface area contributed by atoms with E-state index in [1.165, 1.54) is 18.2 Å². The van der Waals surface area contributed by atoms with Gasteiger partial charge in [0.05, 0.1) is 46.9 Å². The third kappa shape index (κ3) is 5.63. The number of nitrogens with two attached hydrogens (primary N) is 1. The van der Waals surface area contributed by atoms with Crippen molar-refractivity contribution >= 4 is 45.9 Å². The third-order valence-corrected chi connectivity index (χ3v) is 8.02. The quantitative estimate of drug-likeness (QED) is 0.210. The fourth-order valence-corrected chi connectivity index (χ4v) is 5.46. The van der Waals surface area contributed by atoms with E-state index < -0.39 is 40.6 Å². The second kappa shape index (κ2) is 11.5. The van der Waals surface area contributed by atoms with E-state index in [0.29, 0.717) is 42.3 Å². The number of hydrogen-bond acceptors (Lipinski definition) is 7. The van der Waals surface area contributed by atoms with Crippen LogP contribution in [-0.4, -0.2) is 43.1 Å². The van der Waals surface area contributed by atoms with E-state index in [4.69, 9.17) is 10.5 Å². The Bertz CT molecular complexity index is 1760. The molecule has 44 heavy (non-hydrogen) atoms. The Morgan fingerprint density at radius 1 is 0.977 bits per heavy atom. The van der Waals surface area contributed by atoms with Crippen molar-refractivity contribution in [1.82, 2.24) is 4.98 Å². The van der Waals surface area contributed by atoms with Crippen LogP contribution in [0.2, 0.25) is 0 Å². The normalized spacial score (nSPS) is 15.6. The first kappa shape index (κ1) is 29.0. The van der Waals surface area contributed by atoms with Crippen molar-refractivity contribution in [3.8, 4) is 0 Å². The van der Waals surface area contributed by atoms with Gasteiger partial charge in [0.25, 0.3) is 11.9 Å². The van der Waals surface area contributed by atoms with Crippen LogP contribution in [0.3, 0.4) is 0 Å². The van der Waals surface area contributed by atoms with Crippen molar-refractivity contribution in [1.29, 1.82) is 0 Å². The summed E-state index contributed by atoms with van der Waals surface area (Å²) in [7, 11) is 0. The van der Waals surface area contributed by atoms with Gasteiger partial charge in [0.2, 0.25) is 17.7 Å². The zero-order valence-electron chi connectivity index (χ0n) is 23.7. The standard InChI is InChI=1S/C32H29F3N6O3/c1-32(31(36)43,17-18-2-6-21(7-3-18)41-10-12-44-13-11-41)19-4-9-23-25(14-19)39-30(42)22-8-5-20(15-24(22)38-23)37-26-16-27(33)40-29(35)28(26)34/h2-9,14-16,38H,10-13,17H2,1H3,(H2,36,43)(H,37,40)(H,39,42). The van der Waals surface area contributed by atoms with Crippen molar-refractivity contribution in [2.24, 2.45) is 5.73 Å². The molecule has 0 spiro atoms. The van der Waals surface area contributed by atoms with Gasteiger partial charge < -0.3 is 31.3 Å². The summed E-state index contributed by atoms with van der Waals surface area (Å²) in [6, 6.07) is 18.5. The summed E-state index contributed by atoms with van der Waals surface area (Å²) in [5.74, 6) is -5.04. The van der Waals surface area contributed by atoms with Gasteiger partial charge >= 0.3 is 0 Å². The molecule has 2 amide bonds. The van der Waals surface area contributed by atoms with Gasteiger partial charge in [-0.3, -0.25) is 9.59 Å². The summed E-state index contributed by atoms with van der Waals surface area (Å²) < 4.78 is 46.8. The Kier molecular flexibility index (Phi) is 7.60. The number of hydrogen-bond donors (Lipinski definition) is 4. The molecule has 0 aliphatic carbocycles. The first-order valence-electron chi connectivity index (χ1n) is 14.0. The molecule has 3 aromatic carbocycles. The van der Waals surface area contributed by atoms with E-state index in [-0.39, 0.29) is 11.3 Å². The number of nitrogens with one attached hydrogen (secondary N) is 3. The lowest BCUT2D eigenvalue weighted by Gasteiger charge is -2.30. The van der Waals surface area contributed by atoms with E-state index in [2.05, 4.69) is 25.8 Å². The van der Waals surface area contributed by atoms with Crippen molar-refractivity contribution < 1.29 is 27.5 Å². The summed E-state index contributed by atoms with van der Waals surface area (Å²) in [5, 5.41) is 8.68. The number of fused-ring (bicyclic) bond motifs is 2. The van der Waals surface area contributed by atoms with Crippen LogP contribution in [0.25, 0.3) is 0 Å². The number of rotatable bonds is 7. The predicted octanol–water partition coefficient (Wildman–Crippen LogP) is 5.37. The Hall–Kier alpha value is -5.10. The topological polar surface area (TPSA) is 122 Å². The fourth-order valence-electron chi connectivity index (χ4n) is 5.46. The lowest BCUT2D eigenvalue weighted by Crippen LogP contribution is -2.40. The number of amides is 2. The molecule has 4 aromatic rings. The predicted molar refractivity (Wildman–Crippen MR) is 161 cm³/mol. The van der Waals surface area contributed by atoms with Crippen molar-refractivity contribution in [2.75, 3.05) is 47.2 Å². The molecular weight excluding hydrogens is 573 g/mol. The van der Waals surface area contributed by atoms with Gasteiger partial charge in [-0.05, 0) is 66.9 Å². The summed E-state index contributed by atoms with van der Waals surface area (Å²) in [6.45, 7) is 4.77. The van der Waals surface area contributed by atoms with Crippen LogP contribution in [0.1, 0.15) is 28.4 Å². The Balaban J connectivity index is 1.25. The minimum Gasteiger partial charge on any atom is -0.378 e. The molecule has 0 radical (unpaired) electrons. The molecule has 2 aliphatic rings. The molecule has 226 valence electrons. The first-order valence-corrected chi connectivity index (χ1v) is 14.0. The zero-order chi connectivity index (χ0) is 31.0. The number of pyridine rings is 1. The highest BCUT2D eigenvalue weighted by Gasteiger charge is 2.35. The van der Waals surface area contributed by atoms with E-state index in [1.807, 2.05) is 24.3 Å². The van der Waals surface area contributed by atoms with E-state index in [1.54, 1.807) is 25.1 Å². The number of carbonyl (C=O) groups is 2. The molecule has 1 unspecified atom stereocenters. The van der Waals surface area contributed by atoms with Crippen LogP contribution in [0.4, 0.5) is 47.3 Å². The van der Waals surface area contributed by atoms with E-state index >= 15 is 0 Å². The fraction of sp³-hybridized carbons (Fsp3) is 0.219. The molecule has 6 rings (SSSR count). The van der Waals surface area contributed by atoms with Gasteiger partial charge in [-0.25, -0.2) is 0 Å². The van der Waals surface area contributed by atoms with E-state index in [9.17, 15) is 22.8 Å². The van der Waals surface area contributed by atoms with Gasteiger partial charge in [0.15, 0.2) is 0 Å². The minimum atomic E-state index is -1.57. The van der Waals surface area contributed by atoms with Crippen LogP contribution < -0.4 is 26.6 Å². The molecule has 5 N–H and O–H groups in total. The number of halogens is 3. The molecule has 9 nitrogen and oxygen atoms in total. The summed E-state index contributed by atoms with van der Waals surface area (Å²) in [5.41, 5.74) is 8.94. The van der Waals surface area contributed by atoms with Crippen molar-refractivity contribution in [3.05, 3.63) is 101 Å². The molecule has 1 atom stereocenters. The molecule has 0 bridgehead atoms. The van der Waals surface area contributed by atoms with Crippen LogP contribution in [0.5, 0.6) is 0 Å². The van der Waals surface area contributed by atoms with E-state index in [0.717, 1.165) is 30.4 Å². The number of anilines is 6. The largest absolute Gasteiger partial charge is 0.378 e. The highest BCUT2D eigenvalue weighted by Crippen LogP contribution is 2.38. The summed E-state index contributed by atoms with van der Waals surface area (Å²) in [6.07, 6.45) is 0.341. The lowest BCUT2D eigenvalue weighted by atomic mass is 9.76. The smallest absolute Gasteiger partial charge is 0.257 e. The average Bonchev–Trinajstić information content (AvgIpc) is 3.15. The number of benzene rings is 3. The average molecular weight is 603 g/mol. The van der Waals surface area contributed by atoms with Gasteiger partial charge in [-0.1, -0.05) is 18.2 Å². The molecular formula is C32H29F3N6O3. The third-order valence-electron chi connectivity index (χ3n) is 8.02. The second-order valence-corrected chi connectivity index (χ2v) is 11.0. The Labute approximate surface area is 251 Å². The van der Waals surface area contributed by atoms with Crippen molar-refractivity contribution in [2.45, 2.75) is 18.8 Å². The molecule has 1 aromatic heterocycles. The Morgan fingerprint density at radius 3 is 2.45 bits per heavy atom. The molecule has 2 aliphatic heterocycles. The number of nitrogens with zero attached hydrogens (tertiary/aromatic N) is 2. The Morgan fingerprint density at radius 2 is 1.73 bits per heavy atom. The highest BCUT2D eigenvalue weighted by molar-refractivity contribution is 6.12. The van der Waals surface area contributed by atoms with Gasteiger partial charge in [-0.15, -0.1) is 0 Å².